The highest BCUT2D eigenvalue weighted by molar-refractivity contribution is 7.86. The number of nitrogens with one attached hydrogen (secondary N) is 1. The van der Waals surface area contributed by atoms with E-state index in [4.69, 9.17) is 0 Å². The van der Waals surface area contributed by atoms with Crippen LogP contribution in [0.5, 0.6) is 0 Å². The van der Waals surface area contributed by atoms with Gasteiger partial charge in [-0.2, -0.15) is 0 Å². The van der Waals surface area contributed by atoms with E-state index >= 15 is 0 Å². The molecule has 19 heavy (non-hydrogen) atoms. The summed E-state index contributed by atoms with van der Waals surface area (Å²) in [5, 5.41) is 3.69. The van der Waals surface area contributed by atoms with Gasteiger partial charge in [-0.1, -0.05) is 45.0 Å². The molecule has 0 fully saturated rings. The van der Waals surface area contributed by atoms with Crippen LogP contribution >= 0.6 is 0 Å². The van der Waals surface area contributed by atoms with E-state index in [1.165, 1.54) is 11.1 Å². The minimum Gasteiger partial charge on any atom is -0.312 e. The monoisotopic (exact) mass is 281 g/mol. The van der Waals surface area contributed by atoms with Crippen molar-refractivity contribution in [3.63, 3.8) is 0 Å². The van der Waals surface area contributed by atoms with E-state index in [0.29, 0.717) is 0 Å². The number of hydrogen-bond donors (Lipinski definition) is 1. The molecule has 0 saturated carbocycles. The molecule has 0 amide bonds. The first-order valence-corrected chi connectivity index (χ1v) is 8.48. The van der Waals surface area contributed by atoms with Crippen molar-refractivity contribution in [2.75, 3.05) is 7.05 Å². The summed E-state index contributed by atoms with van der Waals surface area (Å²) in [6, 6.07) is 8.80. The van der Waals surface area contributed by atoms with Crippen molar-refractivity contribution in [2.45, 2.75) is 57.1 Å². The van der Waals surface area contributed by atoms with E-state index in [0.717, 1.165) is 12.8 Å². The van der Waals surface area contributed by atoms with Gasteiger partial charge in [-0.3, -0.25) is 4.21 Å². The molecular formula is C16H27NOS. The number of hydrogen-bond acceptors (Lipinski definition) is 2. The molecule has 2 nitrogen and oxygen atoms in total. The van der Waals surface area contributed by atoms with Gasteiger partial charge in [-0.05, 0) is 37.9 Å². The van der Waals surface area contributed by atoms with Gasteiger partial charge in [0.2, 0.25) is 0 Å². The third-order valence-corrected chi connectivity index (χ3v) is 6.00. The number of benzene rings is 1. The van der Waals surface area contributed by atoms with Gasteiger partial charge in [-0.25, -0.2) is 0 Å². The molecule has 0 saturated heterocycles. The standard InChI is InChI=1S/C16H27NOS/c1-6-12(3)19(18)13(4)16(17-5)15-10-8-14(7-2)9-11-15/h8-13,16-17H,6-7H2,1-5H3. The zero-order chi connectivity index (χ0) is 14.4. The maximum atomic E-state index is 12.4. The van der Waals surface area contributed by atoms with Gasteiger partial charge in [0, 0.05) is 22.1 Å². The van der Waals surface area contributed by atoms with Crippen LogP contribution in [0.3, 0.4) is 0 Å². The average molecular weight is 281 g/mol. The minimum absolute atomic E-state index is 0.118. The van der Waals surface area contributed by atoms with Gasteiger partial charge in [0.05, 0.1) is 5.25 Å². The summed E-state index contributed by atoms with van der Waals surface area (Å²) in [5.74, 6) is 0. The van der Waals surface area contributed by atoms with Crippen LogP contribution in [0.2, 0.25) is 0 Å². The first-order chi connectivity index (χ1) is 9.04. The highest BCUT2D eigenvalue weighted by Crippen LogP contribution is 2.23. The van der Waals surface area contributed by atoms with Crippen molar-refractivity contribution < 1.29 is 4.21 Å². The summed E-state index contributed by atoms with van der Waals surface area (Å²) in [6.45, 7) is 8.40. The second-order valence-corrected chi connectivity index (χ2v) is 7.32. The molecule has 0 aliphatic heterocycles. The molecule has 0 radical (unpaired) electrons. The molecule has 0 heterocycles. The average Bonchev–Trinajstić information content (AvgIpc) is 2.46. The predicted molar refractivity (Wildman–Crippen MR) is 85.0 cm³/mol. The van der Waals surface area contributed by atoms with Crippen LogP contribution in [0.1, 0.15) is 51.3 Å². The molecule has 0 aliphatic carbocycles. The van der Waals surface area contributed by atoms with Crippen LogP contribution in [-0.2, 0) is 17.2 Å². The zero-order valence-corrected chi connectivity index (χ0v) is 13.6. The van der Waals surface area contributed by atoms with Crippen molar-refractivity contribution in [1.29, 1.82) is 0 Å². The smallest absolute Gasteiger partial charge is 0.0517 e. The first-order valence-electron chi connectivity index (χ1n) is 7.20. The first kappa shape index (κ1) is 16.4. The number of rotatable bonds is 7. The molecular weight excluding hydrogens is 254 g/mol. The van der Waals surface area contributed by atoms with Crippen LogP contribution in [0.25, 0.3) is 0 Å². The van der Waals surface area contributed by atoms with E-state index in [1.54, 1.807) is 0 Å². The Kier molecular flexibility index (Phi) is 6.73. The highest BCUT2D eigenvalue weighted by atomic mass is 32.2. The second kappa shape index (κ2) is 7.81. The maximum absolute atomic E-state index is 12.4. The van der Waals surface area contributed by atoms with Gasteiger partial charge in [0.25, 0.3) is 0 Å². The lowest BCUT2D eigenvalue weighted by molar-refractivity contribution is 0.564. The number of aryl methyl sites for hydroxylation is 1. The molecule has 108 valence electrons. The molecule has 0 spiro atoms. The van der Waals surface area contributed by atoms with Crippen molar-refractivity contribution in [3.05, 3.63) is 35.4 Å². The quantitative estimate of drug-likeness (QED) is 0.829. The Bertz CT molecular complexity index is 402. The highest BCUT2D eigenvalue weighted by Gasteiger charge is 2.25. The molecule has 0 aliphatic rings. The Morgan fingerprint density at radius 3 is 2.16 bits per heavy atom. The van der Waals surface area contributed by atoms with Gasteiger partial charge < -0.3 is 5.32 Å². The fourth-order valence-electron chi connectivity index (χ4n) is 2.30. The lowest BCUT2D eigenvalue weighted by Crippen LogP contribution is -2.34. The van der Waals surface area contributed by atoms with Crippen LogP contribution < -0.4 is 5.32 Å². The van der Waals surface area contributed by atoms with Crippen molar-refractivity contribution in [1.82, 2.24) is 5.32 Å². The summed E-state index contributed by atoms with van der Waals surface area (Å²) in [4.78, 5) is 0. The fourth-order valence-corrected chi connectivity index (χ4v) is 3.92. The van der Waals surface area contributed by atoms with E-state index in [-0.39, 0.29) is 16.5 Å². The van der Waals surface area contributed by atoms with Crippen molar-refractivity contribution >= 4 is 10.8 Å². The zero-order valence-electron chi connectivity index (χ0n) is 12.8. The lowest BCUT2D eigenvalue weighted by Gasteiger charge is -2.26. The van der Waals surface area contributed by atoms with Gasteiger partial charge in [-0.15, -0.1) is 0 Å². The summed E-state index contributed by atoms with van der Waals surface area (Å²) >= 11 is 0. The molecule has 1 aromatic carbocycles. The van der Waals surface area contributed by atoms with E-state index in [1.807, 2.05) is 7.05 Å². The molecule has 1 N–H and O–H groups in total. The van der Waals surface area contributed by atoms with Crippen LogP contribution in [0.15, 0.2) is 24.3 Å². The third kappa shape index (κ3) is 4.15. The maximum Gasteiger partial charge on any atom is 0.0517 e. The van der Waals surface area contributed by atoms with Crippen LogP contribution in [0, 0.1) is 0 Å². The van der Waals surface area contributed by atoms with Crippen molar-refractivity contribution in [3.8, 4) is 0 Å². The topological polar surface area (TPSA) is 29.1 Å². The summed E-state index contributed by atoms with van der Waals surface area (Å²) in [5.41, 5.74) is 2.57. The Morgan fingerprint density at radius 2 is 1.74 bits per heavy atom. The molecule has 0 bridgehead atoms. The van der Waals surface area contributed by atoms with E-state index < -0.39 is 10.8 Å². The van der Waals surface area contributed by atoms with Crippen LogP contribution in [-0.4, -0.2) is 21.8 Å². The van der Waals surface area contributed by atoms with Gasteiger partial charge in [0.15, 0.2) is 0 Å². The third-order valence-electron chi connectivity index (χ3n) is 3.87. The Labute approximate surface area is 120 Å². The molecule has 1 rings (SSSR count). The second-order valence-electron chi connectivity index (χ2n) is 5.11. The minimum atomic E-state index is -0.810. The van der Waals surface area contributed by atoms with E-state index in [2.05, 4.69) is 57.3 Å². The lowest BCUT2D eigenvalue weighted by atomic mass is 10.0. The molecule has 4 atom stereocenters. The van der Waals surface area contributed by atoms with Gasteiger partial charge >= 0.3 is 0 Å². The summed E-state index contributed by atoms with van der Waals surface area (Å²) in [7, 11) is 1.14. The molecule has 4 unspecified atom stereocenters. The summed E-state index contributed by atoms with van der Waals surface area (Å²) in [6.07, 6.45) is 2.01. The van der Waals surface area contributed by atoms with Crippen molar-refractivity contribution in [2.24, 2.45) is 0 Å². The SMILES string of the molecule is CCc1ccc(C(NC)C(C)S(=O)C(C)CC)cc1. The van der Waals surface area contributed by atoms with Gasteiger partial charge in [0.1, 0.15) is 0 Å². The Morgan fingerprint density at radius 1 is 1.16 bits per heavy atom. The Hall–Kier alpha value is -0.670. The Balaban J connectivity index is 2.89. The molecule has 1 aromatic rings. The fraction of sp³-hybridized carbons (Fsp3) is 0.625. The van der Waals surface area contributed by atoms with Crippen LogP contribution in [0.4, 0.5) is 0 Å². The molecule has 0 aromatic heterocycles. The van der Waals surface area contributed by atoms with E-state index in [9.17, 15) is 4.21 Å². The summed E-state index contributed by atoms with van der Waals surface area (Å²) < 4.78 is 12.4. The normalized spacial score (nSPS) is 17.7. The molecule has 3 heteroatoms. The predicted octanol–water partition coefficient (Wildman–Crippen LogP) is 3.45. The largest absolute Gasteiger partial charge is 0.312 e.